The summed E-state index contributed by atoms with van der Waals surface area (Å²) in [6.45, 7) is 0. The molecule has 2 rings (SSSR count). The van der Waals surface area contributed by atoms with Crippen LogP contribution in [0.1, 0.15) is 36.0 Å². The normalized spacial score (nSPS) is 21.9. The number of nitrogens with zero attached hydrogens (tertiary/aromatic N) is 1. The van der Waals surface area contributed by atoms with Crippen LogP contribution in [0.2, 0.25) is 0 Å². The molecule has 1 aliphatic rings. The van der Waals surface area contributed by atoms with Gasteiger partial charge in [0.15, 0.2) is 0 Å². The van der Waals surface area contributed by atoms with Crippen LogP contribution in [0.4, 0.5) is 11.4 Å². The summed E-state index contributed by atoms with van der Waals surface area (Å²) >= 11 is 1.91. The lowest BCUT2D eigenvalue weighted by Crippen LogP contribution is -2.35. The second kappa shape index (κ2) is 7.07. The highest BCUT2D eigenvalue weighted by Gasteiger charge is 2.25. The average molecular weight is 307 g/mol. The number of amides is 1. The molecule has 1 aliphatic carbocycles. The fourth-order valence-electron chi connectivity index (χ4n) is 2.85. The van der Waals surface area contributed by atoms with E-state index >= 15 is 0 Å². The Bertz CT molecular complexity index is 504. The van der Waals surface area contributed by atoms with Crippen molar-refractivity contribution in [1.29, 1.82) is 0 Å². The maximum Gasteiger partial charge on any atom is 0.255 e. The number of carbonyl (C=O) groups excluding carboxylic acids is 1. The Morgan fingerprint density at radius 3 is 2.71 bits per heavy atom. The third-order valence-electron chi connectivity index (χ3n) is 4.03. The van der Waals surface area contributed by atoms with Crippen LogP contribution < -0.4 is 11.1 Å². The molecular weight excluding hydrogens is 282 g/mol. The summed E-state index contributed by atoms with van der Waals surface area (Å²) < 4.78 is 0. The van der Waals surface area contributed by atoms with Crippen molar-refractivity contribution in [3.05, 3.63) is 23.8 Å². The van der Waals surface area contributed by atoms with E-state index in [1.807, 2.05) is 23.9 Å². The molecule has 0 saturated heterocycles. The summed E-state index contributed by atoms with van der Waals surface area (Å²) in [6.07, 6.45) is 7.09. The minimum Gasteiger partial charge on any atom is -0.399 e. The Kier molecular flexibility index (Phi) is 5.39. The van der Waals surface area contributed by atoms with Crippen molar-refractivity contribution in [2.24, 2.45) is 0 Å². The summed E-state index contributed by atoms with van der Waals surface area (Å²) in [4.78, 5) is 13.9. The number of nitrogens with one attached hydrogen (secondary N) is 1. The van der Waals surface area contributed by atoms with Crippen LogP contribution in [0.5, 0.6) is 0 Å². The molecule has 5 heteroatoms. The van der Waals surface area contributed by atoms with Crippen molar-refractivity contribution in [2.45, 2.75) is 37.0 Å². The van der Waals surface area contributed by atoms with Crippen molar-refractivity contribution >= 4 is 29.0 Å². The molecule has 0 bridgehead atoms. The monoisotopic (exact) mass is 307 g/mol. The van der Waals surface area contributed by atoms with E-state index in [2.05, 4.69) is 11.6 Å². The molecule has 0 aliphatic heterocycles. The van der Waals surface area contributed by atoms with Crippen molar-refractivity contribution in [3.8, 4) is 0 Å². The zero-order chi connectivity index (χ0) is 15.4. The van der Waals surface area contributed by atoms with Gasteiger partial charge in [0.1, 0.15) is 0 Å². The van der Waals surface area contributed by atoms with Crippen LogP contribution in [0.15, 0.2) is 18.2 Å². The molecule has 0 heterocycles. The van der Waals surface area contributed by atoms with Crippen molar-refractivity contribution < 1.29 is 4.79 Å². The number of nitrogens with two attached hydrogens (primary N) is 1. The maximum atomic E-state index is 12.3. The Morgan fingerprint density at radius 2 is 2.05 bits per heavy atom. The number of carbonyl (C=O) groups is 1. The first-order valence-corrected chi connectivity index (χ1v) is 8.72. The number of anilines is 2. The van der Waals surface area contributed by atoms with E-state index in [0.29, 0.717) is 22.5 Å². The van der Waals surface area contributed by atoms with E-state index < -0.39 is 0 Å². The highest BCUT2D eigenvalue weighted by atomic mass is 32.2. The van der Waals surface area contributed by atoms with Gasteiger partial charge in [0.05, 0.1) is 5.56 Å². The summed E-state index contributed by atoms with van der Waals surface area (Å²) in [5, 5.41) is 4.18. The van der Waals surface area contributed by atoms with Gasteiger partial charge in [0.2, 0.25) is 0 Å². The number of nitrogen functional groups attached to an aromatic ring is 1. The predicted molar refractivity (Wildman–Crippen MR) is 92.1 cm³/mol. The molecule has 4 nitrogen and oxygen atoms in total. The lowest BCUT2D eigenvalue weighted by atomic mass is 9.94. The zero-order valence-corrected chi connectivity index (χ0v) is 13.9. The van der Waals surface area contributed by atoms with Crippen molar-refractivity contribution in [3.63, 3.8) is 0 Å². The molecule has 1 amide bonds. The number of hydrogen-bond acceptors (Lipinski definition) is 4. The van der Waals surface area contributed by atoms with Gasteiger partial charge in [-0.15, -0.1) is 0 Å². The Balaban J connectivity index is 2.25. The molecular formula is C16H25N3OS. The van der Waals surface area contributed by atoms with Gasteiger partial charge in [0.25, 0.3) is 5.91 Å². The molecule has 0 aromatic heterocycles. The fraction of sp³-hybridized carbons (Fsp3) is 0.562. The maximum absolute atomic E-state index is 12.3. The molecule has 0 radical (unpaired) electrons. The summed E-state index contributed by atoms with van der Waals surface area (Å²) in [5.41, 5.74) is 8.15. The molecule has 2 atom stereocenters. The van der Waals surface area contributed by atoms with Gasteiger partial charge in [-0.1, -0.05) is 12.8 Å². The largest absolute Gasteiger partial charge is 0.399 e. The molecule has 1 fully saturated rings. The summed E-state index contributed by atoms with van der Waals surface area (Å²) in [7, 11) is 3.54. The fourth-order valence-corrected chi connectivity index (χ4v) is 3.79. The predicted octanol–water partition coefficient (Wildman–Crippen LogP) is 3.06. The first-order valence-electron chi connectivity index (χ1n) is 7.43. The van der Waals surface area contributed by atoms with Crippen LogP contribution in [-0.2, 0) is 0 Å². The highest BCUT2D eigenvalue weighted by molar-refractivity contribution is 7.99. The lowest BCUT2D eigenvalue weighted by Gasteiger charge is -2.32. The number of thioether (sulfide) groups is 1. The summed E-state index contributed by atoms with van der Waals surface area (Å²) in [6, 6.07) is 5.89. The molecule has 116 valence electrons. The Morgan fingerprint density at radius 1 is 1.33 bits per heavy atom. The third-order valence-corrected chi connectivity index (χ3v) is 5.20. The Hall–Kier alpha value is -1.36. The van der Waals surface area contributed by atoms with Gasteiger partial charge >= 0.3 is 0 Å². The standard InChI is InChI=1S/C16H25N3OS/c1-19(2)16(20)12-9-8-11(17)10-14(12)18-13-6-4-5-7-15(13)21-3/h8-10,13,15,18H,4-7,17H2,1-3H3. The van der Waals surface area contributed by atoms with Gasteiger partial charge in [-0.3, -0.25) is 4.79 Å². The van der Waals surface area contributed by atoms with Crippen LogP contribution >= 0.6 is 11.8 Å². The summed E-state index contributed by atoms with van der Waals surface area (Å²) in [5.74, 6) is 0.00834. The van der Waals surface area contributed by atoms with Crippen LogP contribution in [0.3, 0.4) is 0 Å². The van der Waals surface area contributed by atoms with Gasteiger partial charge in [-0.25, -0.2) is 0 Å². The average Bonchev–Trinajstić information content (AvgIpc) is 2.47. The molecule has 21 heavy (non-hydrogen) atoms. The number of rotatable bonds is 4. The van der Waals surface area contributed by atoms with Crippen molar-refractivity contribution in [2.75, 3.05) is 31.4 Å². The van der Waals surface area contributed by atoms with E-state index in [0.717, 1.165) is 12.1 Å². The third kappa shape index (κ3) is 3.84. The number of benzene rings is 1. The van der Waals surface area contributed by atoms with Crippen LogP contribution in [-0.4, -0.2) is 42.4 Å². The van der Waals surface area contributed by atoms with E-state index in [1.54, 1.807) is 25.1 Å². The topological polar surface area (TPSA) is 58.4 Å². The Labute approximate surface area is 131 Å². The van der Waals surface area contributed by atoms with Gasteiger partial charge in [-0.2, -0.15) is 11.8 Å². The molecule has 2 unspecified atom stereocenters. The highest BCUT2D eigenvalue weighted by Crippen LogP contribution is 2.31. The van der Waals surface area contributed by atoms with Crippen molar-refractivity contribution in [1.82, 2.24) is 4.90 Å². The minimum absolute atomic E-state index is 0.00834. The van der Waals surface area contributed by atoms with Crippen LogP contribution in [0.25, 0.3) is 0 Å². The first-order chi connectivity index (χ1) is 10.0. The van der Waals surface area contributed by atoms with Gasteiger partial charge < -0.3 is 16.0 Å². The molecule has 1 aromatic rings. The second-order valence-electron chi connectivity index (χ2n) is 5.81. The minimum atomic E-state index is 0.00834. The van der Waals surface area contributed by atoms with Gasteiger partial charge in [-0.05, 0) is 37.3 Å². The van der Waals surface area contributed by atoms with E-state index in [1.165, 1.54) is 19.3 Å². The first kappa shape index (κ1) is 16.0. The van der Waals surface area contributed by atoms with E-state index in [-0.39, 0.29) is 5.91 Å². The van der Waals surface area contributed by atoms with E-state index in [9.17, 15) is 4.79 Å². The molecule has 1 saturated carbocycles. The smallest absolute Gasteiger partial charge is 0.255 e. The lowest BCUT2D eigenvalue weighted by molar-refractivity contribution is 0.0828. The van der Waals surface area contributed by atoms with E-state index in [4.69, 9.17) is 5.73 Å². The number of hydrogen-bond donors (Lipinski definition) is 2. The molecule has 0 spiro atoms. The van der Waals surface area contributed by atoms with Gasteiger partial charge in [0, 0.05) is 36.8 Å². The van der Waals surface area contributed by atoms with Crippen LogP contribution in [0, 0.1) is 0 Å². The quantitative estimate of drug-likeness (QED) is 0.839. The molecule has 3 N–H and O–H groups in total. The molecule has 1 aromatic carbocycles. The zero-order valence-electron chi connectivity index (χ0n) is 13.1. The SMILES string of the molecule is CSC1CCCCC1Nc1cc(N)ccc1C(=O)N(C)C. The second-order valence-corrected chi connectivity index (χ2v) is 6.89.